The molecule has 0 fully saturated rings. The van der Waals surface area contributed by atoms with Gasteiger partial charge >= 0.3 is 0 Å². The molecule has 0 aliphatic carbocycles. The van der Waals surface area contributed by atoms with Gasteiger partial charge in [-0.3, -0.25) is 0 Å². The fraction of sp³-hybridized carbons (Fsp3) is 0.750. The van der Waals surface area contributed by atoms with Crippen LogP contribution in [0.25, 0.3) is 0 Å². The summed E-state index contributed by atoms with van der Waals surface area (Å²) >= 11 is 0. The van der Waals surface area contributed by atoms with E-state index in [1.54, 1.807) is 7.11 Å². The molecule has 0 spiro atoms. The maximum atomic E-state index is 5.46. The molecule has 1 unspecified atom stereocenters. The van der Waals surface area contributed by atoms with Gasteiger partial charge in [0.25, 0.3) is 0 Å². The van der Waals surface area contributed by atoms with Crippen LogP contribution in [0.3, 0.4) is 0 Å². The van der Waals surface area contributed by atoms with E-state index in [0.717, 1.165) is 0 Å². The van der Waals surface area contributed by atoms with Gasteiger partial charge in [0.05, 0.1) is 6.61 Å². The molecule has 0 bridgehead atoms. The fourth-order valence-electron chi connectivity index (χ4n) is 0.863. The van der Waals surface area contributed by atoms with Crippen molar-refractivity contribution in [3.8, 4) is 0 Å². The molecule has 0 aliphatic heterocycles. The van der Waals surface area contributed by atoms with Gasteiger partial charge in [-0.15, -0.1) is 0 Å². The Bertz CT molecular complexity index is 249. The van der Waals surface area contributed by atoms with Gasteiger partial charge in [0.1, 0.15) is 0 Å². The minimum absolute atomic E-state index is 0.129. The monoisotopic (exact) mass is 185 g/mol. The molecule has 2 N–H and O–H groups in total. The number of methoxy groups -OCH3 is 1. The molecule has 0 radical (unpaired) electrons. The average molecular weight is 185 g/mol. The largest absolute Gasteiger partial charge is 0.384 e. The minimum Gasteiger partial charge on any atom is -0.384 e. The molecule has 74 valence electrons. The summed E-state index contributed by atoms with van der Waals surface area (Å²) in [6.07, 6.45) is 0.678. The smallest absolute Gasteiger partial charge is 0.230 e. The van der Waals surface area contributed by atoms with Crippen molar-refractivity contribution in [3.05, 3.63) is 11.7 Å². The fourth-order valence-corrected chi connectivity index (χ4v) is 0.863. The Labute approximate surface area is 77.3 Å². The van der Waals surface area contributed by atoms with Crippen molar-refractivity contribution in [3.63, 3.8) is 0 Å². The Morgan fingerprint density at radius 3 is 3.00 bits per heavy atom. The first-order valence-electron chi connectivity index (χ1n) is 4.29. The van der Waals surface area contributed by atoms with Crippen molar-refractivity contribution in [2.45, 2.75) is 19.3 Å². The zero-order valence-electron chi connectivity index (χ0n) is 7.99. The van der Waals surface area contributed by atoms with Crippen molar-refractivity contribution in [1.29, 1.82) is 0 Å². The van der Waals surface area contributed by atoms with Crippen LogP contribution in [-0.2, 0) is 11.2 Å². The van der Waals surface area contributed by atoms with Gasteiger partial charge in [-0.05, 0) is 0 Å². The van der Waals surface area contributed by atoms with E-state index in [4.69, 9.17) is 15.0 Å². The van der Waals surface area contributed by atoms with E-state index >= 15 is 0 Å². The normalized spacial score (nSPS) is 13.2. The highest BCUT2D eigenvalue weighted by atomic mass is 16.5. The highest BCUT2D eigenvalue weighted by Crippen LogP contribution is 2.10. The van der Waals surface area contributed by atoms with Crippen LogP contribution in [0, 0.1) is 0 Å². The van der Waals surface area contributed by atoms with Gasteiger partial charge < -0.3 is 15.0 Å². The number of ether oxygens (including phenoxy) is 1. The summed E-state index contributed by atoms with van der Waals surface area (Å²) in [7, 11) is 1.64. The van der Waals surface area contributed by atoms with E-state index in [1.165, 1.54) is 0 Å². The molecule has 5 nitrogen and oxygen atoms in total. The van der Waals surface area contributed by atoms with Crippen LogP contribution in [0.5, 0.6) is 0 Å². The molecule has 0 saturated heterocycles. The number of nitrogens with zero attached hydrogens (tertiary/aromatic N) is 2. The maximum Gasteiger partial charge on any atom is 0.230 e. The van der Waals surface area contributed by atoms with Crippen LogP contribution in [0.15, 0.2) is 4.52 Å². The summed E-state index contributed by atoms with van der Waals surface area (Å²) in [6, 6.07) is 0. The predicted molar refractivity (Wildman–Crippen MR) is 47.3 cm³/mol. The van der Waals surface area contributed by atoms with Crippen LogP contribution in [0.4, 0.5) is 0 Å². The summed E-state index contributed by atoms with van der Waals surface area (Å²) in [4.78, 5) is 4.18. The lowest BCUT2D eigenvalue weighted by molar-refractivity contribution is 0.199. The second-order valence-electron chi connectivity index (χ2n) is 2.93. The van der Waals surface area contributed by atoms with Crippen LogP contribution in [-0.4, -0.2) is 30.4 Å². The Kier molecular flexibility index (Phi) is 3.85. The zero-order valence-corrected chi connectivity index (χ0v) is 7.99. The number of hydrogen-bond donors (Lipinski definition) is 1. The van der Waals surface area contributed by atoms with Crippen molar-refractivity contribution < 1.29 is 9.26 Å². The van der Waals surface area contributed by atoms with Gasteiger partial charge in [0.2, 0.25) is 5.89 Å². The molecule has 1 atom stereocenters. The molecule has 0 aromatic carbocycles. The second-order valence-corrected chi connectivity index (χ2v) is 2.93. The minimum atomic E-state index is 0.129. The number of nitrogens with two attached hydrogens (primary N) is 1. The average Bonchev–Trinajstić information content (AvgIpc) is 2.62. The molecule has 1 aromatic heterocycles. The molecule has 1 heterocycles. The van der Waals surface area contributed by atoms with Crippen LogP contribution < -0.4 is 5.73 Å². The van der Waals surface area contributed by atoms with Crippen molar-refractivity contribution in [2.75, 3.05) is 20.3 Å². The standard InChI is InChI=1S/C8H15N3O2/c1-6(5-9)8-10-7(11-13-8)3-4-12-2/h6H,3-5,9H2,1-2H3. The molecular weight excluding hydrogens is 170 g/mol. The van der Waals surface area contributed by atoms with E-state index in [2.05, 4.69) is 10.1 Å². The Hall–Kier alpha value is -0.940. The lowest BCUT2D eigenvalue weighted by Gasteiger charge is -1.98. The lowest BCUT2D eigenvalue weighted by atomic mass is 10.2. The zero-order chi connectivity index (χ0) is 9.68. The quantitative estimate of drug-likeness (QED) is 0.715. The van der Waals surface area contributed by atoms with Gasteiger partial charge in [-0.25, -0.2) is 0 Å². The molecule has 0 saturated carbocycles. The summed E-state index contributed by atoms with van der Waals surface area (Å²) in [5.74, 6) is 1.41. The molecular formula is C8H15N3O2. The van der Waals surface area contributed by atoms with Crippen molar-refractivity contribution in [1.82, 2.24) is 10.1 Å². The first-order valence-corrected chi connectivity index (χ1v) is 4.29. The van der Waals surface area contributed by atoms with Gasteiger partial charge in [0, 0.05) is 26.0 Å². The first-order chi connectivity index (χ1) is 6.27. The SMILES string of the molecule is COCCc1noc(C(C)CN)n1. The van der Waals surface area contributed by atoms with E-state index < -0.39 is 0 Å². The highest BCUT2D eigenvalue weighted by molar-refractivity contribution is 4.92. The van der Waals surface area contributed by atoms with E-state index in [0.29, 0.717) is 31.3 Å². The number of hydrogen-bond acceptors (Lipinski definition) is 5. The van der Waals surface area contributed by atoms with Crippen LogP contribution in [0.1, 0.15) is 24.6 Å². The van der Waals surface area contributed by atoms with Gasteiger partial charge in [-0.2, -0.15) is 4.98 Å². The van der Waals surface area contributed by atoms with Crippen molar-refractivity contribution in [2.24, 2.45) is 5.73 Å². The molecule has 1 rings (SSSR count). The van der Waals surface area contributed by atoms with E-state index in [-0.39, 0.29) is 5.92 Å². The lowest BCUT2D eigenvalue weighted by Crippen LogP contribution is -2.09. The van der Waals surface area contributed by atoms with Gasteiger partial charge in [-0.1, -0.05) is 12.1 Å². The summed E-state index contributed by atoms with van der Waals surface area (Å²) in [5, 5.41) is 3.80. The Morgan fingerprint density at radius 1 is 1.62 bits per heavy atom. The molecule has 13 heavy (non-hydrogen) atoms. The second kappa shape index (κ2) is 4.94. The molecule has 0 aliphatic rings. The maximum absolute atomic E-state index is 5.46. The van der Waals surface area contributed by atoms with E-state index in [1.807, 2.05) is 6.92 Å². The first kappa shape index (κ1) is 10.1. The number of rotatable bonds is 5. The topological polar surface area (TPSA) is 74.2 Å². The Morgan fingerprint density at radius 2 is 2.38 bits per heavy atom. The molecule has 5 heteroatoms. The van der Waals surface area contributed by atoms with Crippen molar-refractivity contribution >= 4 is 0 Å². The predicted octanol–water partition coefficient (Wildman–Crippen LogP) is 0.321. The Balaban J connectivity index is 2.53. The summed E-state index contributed by atoms with van der Waals surface area (Å²) < 4.78 is 9.91. The van der Waals surface area contributed by atoms with Crippen LogP contribution >= 0.6 is 0 Å². The van der Waals surface area contributed by atoms with Gasteiger partial charge in [0.15, 0.2) is 5.82 Å². The molecule has 0 amide bonds. The van der Waals surface area contributed by atoms with Crippen LogP contribution in [0.2, 0.25) is 0 Å². The third kappa shape index (κ3) is 2.78. The summed E-state index contributed by atoms with van der Waals surface area (Å²) in [6.45, 7) is 3.08. The molecule has 1 aromatic rings. The van der Waals surface area contributed by atoms with E-state index in [9.17, 15) is 0 Å². The number of aromatic nitrogens is 2. The third-order valence-corrected chi connectivity index (χ3v) is 1.79. The highest BCUT2D eigenvalue weighted by Gasteiger charge is 2.11. The third-order valence-electron chi connectivity index (χ3n) is 1.79. The summed E-state index contributed by atoms with van der Waals surface area (Å²) in [5.41, 5.74) is 5.46.